The van der Waals surface area contributed by atoms with Crippen molar-refractivity contribution in [2.75, 3.05) is 0 Å². The van der Waals surface area contributed by atoms with Crippen molar-refractivity contribution >= 4 is 17.5 Å². The Hall–Kier alpha value is -3.15. The second kappa shape index (κ2) is 6.54. The number of hydrogen-bond acceptors (Lipinski definition) is 3. The summed E-state index contributed by atoms with van der Waals surface area (Å²) in [5.74, 6) is -1.46. The molecule has 0 saturated carbocycles. The number of rotatable bonds is 5. The lowest BCUT2D eigenvalue weighted by molar-refractivity contribution is -0.139. The highest BCUT2D eigenvalue weighted by atomic mass is 16.4. The van der Waals surface area contributed by atoms with E-state index >= 15 is 0 Å². The molecule has 1 aromatic carbocycles. The summed E-state index contributed by atoms with van der Waals surface area (Å²) < 4.78 is 1.83. The van der Waals surface area contributed by atoms with Gasteiger partial charge in [0.2, 0.25) is 0 Å². The fourth-order valence-electron chi connectivity index (χ4n) is 2.45. The standard InChI is InChI=1S/C18H17N3O3/c1-2-14(18(23)24)20-17(22)13-8-9-21-11-15(19-16(21)10-13)12-6-4-3-5-7-12/h3-11,14H,2H2,1H3,(H,20,22)(H,23,24). The molecule has 0 fully saturated rings. The average Bonchev–Trinajstić information content (AvgIpc) is 3.03. The molecule has 1 unspecified atom stereocenters. The van der Waals surface area contributed by atoms with Crippen LogP contribution >= 0.6 is 0 Å². The van der Waals surface area contributed by atoms with E-state index in [1.807, 2.05) is 40.9 Å². The van der Waals surface area contributed by atoms with Gasteiger partial charge >= 0.3 is 5.97 Å². The Morgan fingerprint density at radius 1 is 1.25 bits per heavy atom. The van der Waals surface area contributed by atoms with Gasteiger partial charge in [-0.15, -0.1) is 0 Å². The Balaban J connectivity index is 1.88. The van der Waals surface area contributed by atoms with Crippen LogP contribution in [0.5, 0.6) is 0 Å². The molecule has 3 aromatic rings. The highest BCUT2D eigenvalue weighted by molar-refractivity contribution is 5.97. The number of carboxylic acid groups (broad SMARTS) is 1. The largest absolute Gasteiger partial charge is 0.480 e. The fourth-order valence-corrected chi connectivity index (χ4v) is 2.45. The molecule has 2 N–H and O–H groups in total. The molecule has 1 amide bonds. The van der Waals surface area contributed by atoms with Crippen LogP contribution < -0.4 is 5.32 Å². The van der Waals surface area contributed by atoms with Gasteiger partial charge in [0.15, 0.2) is 0 Å². The van der Waals surface area contributed by atoms with Crippen molar-refractivity contribution in [1.29, 1.82) is 0 Å². The molecule has 6 nitrogen and oxygen atoms in total. The van der Waals surface area contributed by atoms with Crippen molar-refractivity contribution in [3.63, 3.8) is 0 Å². The van der Waals surface area contributed by atoms with E-state index in [2.05, 4.69) is 10.3 Å². The Bertz CT molecular complexity index is 887. The summed E-state index contributed by atoms with van der Waals surface area (Å²) in [6.07, 6.45) is 3.95. The molecule has 0 spiro atoms. The van der Waals surface area contributed by atoms with Gasteiger partial charge in [-0.2, -0.15) is 0 Å². The van der Waals surface area contributed by atoms with E-state index in [0.29, 0.717) is 17.6 Å². The first-order chi connectivity index (χ1) is 11.6. The zero-order chi connectivity index (χ0) is 17.1. The lowest BCUT2D eigenvalue weighted by atomic mass is 10.2. The smallest absolute Gasteiger partial charge is 0.326 e. The van der Waals surface area contributed by atoms with Gasteiger partial charge in [-0.25, -0.2) is 9.78 Å². The number of nitrogens with zero attached hydrogens (tertiary/aromatic N) is 2. The second-order valence-corrected chi connectivity index (χ2v) is 5.45. The number of carboxylic acids is 1. The van der Waals surface area contributed by atoms with Crippen LogP contribution in [0.2, 0.25) is 0 Å². The van der Waals surface area contributed by atoms with E-state index in [-0.39, 0.29) is 0 Å². The molecule has 6 heteroatoms. The van der Waals surface area contributed by atoms with Crippen LogP contribution in [-0.4, -0.2) is 32.4 Å². The third-order valence-electron chi connectivity index (χ3n) is 3.80. The third-order valence-corrected chi connectivity index (χ3v) is 3.80. The Kier molecular flexibility index (Phi) is 4.29. The summed E-state index contributed by atoms with van der Waals surface area (Å²) in [6.45, 7) is 1.71. The molecule has 24 heavy (non-hydrogen) atoms. The van der Waals surface area contributed by atoms with Crippen molar-refractivity contribution in [2.24, 2.45) is 0 Å². The zero-order valence-electron chi connectivity index (χ0n) is 13.1. The van der Waals surface area contributed by atoms with Gasteiger partial charge in [0, 0.05) is 23.5 Å². The van der Waals surface area contributed by atoms with Gasteiger partial charge in [0.05, 0.1) is 5.69 Å². The number of benzene rings is 1. The number of nitrogens with one attached hydrogen (secondary N) is 1. The topological polar surface area (TPSA) is 83.7 Å². The third kappa shape index (κ3) is 3.12. The minimum atomic E-state index is -1.04. The van der Waals surface area contributed by atoms with E-state index in [1.165, 1.54) is 0 Å². The normalized spacial score (nSPS) is 12.0. The zero-order valence-corrected chi connectivity index (χ0v) is 13.1. The van der Waals surface area contributed by atoms with Gasteiger partial charge in [0.25, 0.3) is 5.91 Å². The van der Waals surface area contributed by atoms with E-state index in [4.69, 9.17) is 5.11 Å². The molecule has 0 radical (unpaired) electrons. The highest BCUT2D eigenvalue weighted by Gasteiger charge is 2.19. The Morgan fingerprint density at radius 2 is 2.00 bits per heavy atom. The lowest BCUT2D eigenvalue weighted by Crippen LogP contribution is -2.40. The maximum atomic E-state index is 12.2. The van der Waals surface area contributed by atoms with Crippen molar-refractivity contribution in [3.05, 3.63) is 60.4 Å². The van der Waals surface area contributed by atoms with Crippen molar-refractivity contribution in [1.82, 2.24) is 14.7 Å². The number of hydrogen-bond donors (Lipinski definition) is 2. The summed E-state index contributed by atoms with van der Waals surface area (Å²) in [5, 5.41) is 11.5. The first kappa shape index (κ1) is 15.7. The van der Waals surface area contributed by atoms with Crippen molar-refractivity contribution in [2.45, 2.75) is 19.4 Å². The molecule has 2 aromatic heterocycles. The molecule has 1 atom stereocenters. The number of aliphatic carboxylic acids is 1. The number of fused-ring (bicyclic) bond motifs is 1. The fraction of sp³-hybridized carbons (Fsp3) is 0.167. The molecule has 122 valence electrons. The van der Waals surface area contributed by atoms with Crippen LogP contribution in [0.15, 0.2) is 54.9 Å². The summed E-state index contributed by atoms with van der Waals surface area (Å²) in [5.41, 5.74) is 2.81. The first-order valence-corrected chi connectivity index (χ1v) is 7.66. The number of carbonyl (C=O) groups excluding carboxylic acids is 1. The average molecular weight is 323 g/mol. The van der Waals surface area contributed by atoms with Crippen LogP contribution in [0.1, 0.15) is 23.7 Å². The predicted molar refractivity (Wildman–Crippen MR) is 89.8 cm³/mol. The second-order valence-electron chi connectivity index (χ2n) is 5.45. The van der Waals surface area contributed by atoms with Gasteiger partial charge < -0.3 is 14.8 Å². The maximum absolute atomic E-state index is 12.2. The molecule has 0 aliphatic heterocycles. The van der Waals surface area contributed by atoms with Crippen molar-refractivity contribution < 1.29 is 14.7 Å². The van der Waals surface area contributed by atoms with E-state index in [9.17, 15) is 9.59 Å². The molecule has 3 rings (SSSR count). The Labute approximate surface area is 138 Å². The summed E-state index contributed by atoms with van der Waals surface area (Å²) in [7, 11) is 0. The first-order valence-electron chi connectivity index (χ1n) is 7.66. The number of pyridine rings is 1. The van der Waals surface area contributed by atoms with Crippen LogP contribution in [0.3, 0.4) is 0 Å². The monoisotopic (exact) mass is 323 g/mol. The van der Waals surface area contributed by atoms with Crippen LogP contribution in [0.25, 0.3) is 16.9 Å². The lowest BCUT2D eigenvalue weighted by Gasteiger charge is -2.12. The van der Waals surface area contributed by atoms with Gasteiger partial charge in [-0.3, -0.25) is 4.79 Å². The molecule has 2 heterocycles. The molecular formula is C18H17N3O3. The summed E-state index contributed by atoms with van der Waals surface area (Å²) in [4.78, 5) is 27.8. The van der Waals surface area contributed by atoms with Crippen LogP contribution in [0, 0.1) is 0 Å². The molecule has 0 aliphatic rings. The number of carbonyl (C=O) groups is 2. The van der Waals surface area contributed by atoms with Crippen LogP contribution in [-0.2, 0) is 4.79 Å². The van der Waals surface area contributed by atoms with E-state index in [0.717, 1.165) is 11.3 Å². The Morgan fingerprint density at radius 3 is 2.67 bits per heavy atom. The van der Waals surface area contributed by atoms with Gasteiger partial charge in [-0.05, 0) is 18.6 Å². The predicted octanol–water partition coefficient (Wildman–Crippen LogP) is 2.59. The SMILES string of the molecule is CCC(NC(=O)c1ccn2cc(-c3ccccc3)nc2c1)C(=O)O. The van der Waals surface area contributed by atoms with E-state index in [1.54, 1.807) is 25.3 Å². The quantitative estimate of drug-likeness (QED) is 0.756. The molecule has 0 saturated heterocycles. The van der Waals surface area contributed by atoms with Crippen LogP contribution in [0.4, 0.5) is 0 Å². The van der Waals surface area contributed by atoms with Gasteiger partial charge in [0.1, 0.15) is 11.7 Å². The maximum Gasteiger partial charge on any atom is 0.326 e. The molecule has 0 bridgehead atoms. The summed E-state index contributed by atoms with van der Waals surface area (Å²) in [6, 6.07) is 12.2. The highest BCUT2D eigenvalue weighted by Crippen LogP contribution is 2.19. The molecular weight excluding hydrogens is 306 g/mol. The van der Waals surface area contributed by atoms with Gasteiger partial charge in [-0.1, -0.05) is 37.3 Å². The number of aromatic nitrogens is 2. The molecule has 0 aliphatic carbocycles. The number of amides is 1. The summed E-state index contributed by atoms with van der Waals surface area (Å²) >= 11 is 0. The number of imidazole rings is 1. The van der Waals surface area contributed by atoms with Crippen molar-refractivity contribution in [3.8, 4) is 11.3 Å². The van der Waals surface area contributed by atoms with E-state index < -0.39 is 17.9 Å². The minimum absolute atomic E-state index is 0.324. The minimum Gasteiger partial charge on any atom is -0.480 e.